The van der Waals surface area contributed by atoms with Gasteiger partial charge in [-0.3, -0.25) is 0 Å². The Morgan fingerprint density at radius 1 is 0.966 bits per heavy atom. The topological polar surface area (TPSA) is 41.6 Å². The van der Waals surface area contributed by atoms with Crippen LogP contribution in [0.15, 0.2) is 54.6 Å². The fourth-order valence-corrected chi connectivity index (χ4v) is 4.14. The molecule has 4 nitrogen and oxygen atoms in total. The lowest BCUT2D eigenvalue weighted by atomic mass is 9.89. The Morgan fingerprint density at radius 2 is 1.66 bits per heavy atom. The van der Waals surface area contributed by atoms with Gasteiger partial charge in [-0.15, -0.1) is 0 Å². The second-order valence-corrected chi connectivity index (χ2v) is 8.28. The minimum absolute atomic E-state index is 0.158. The van der Waals surface area contributed by atoms with Crippen LogP contribution in [-0.4, -0.2) is 24.7 Å². The van der Waals surface area contributed by atoms with Crippen molar-refractivity contribution in [2.24, 2.45) is 5.92 Å². The highest BCUT2D eigenvalue weighted by atomic mass is 19.1. The van der Waals surface area contributed by atoms with Gasteiger partial charge in [-0.2, -0.15) is 0 Å². The maximum absolute atomic E-state index is 13.3. The van der Waals surface area contributed by atoms with Crippen molar-refractivity contribution in [2.75, 3.05) is 11.4 Å². The molecule has 0 bridgehead atoms. The fourth-order valence-electron chi connectivity index (χ4n) is 4.14. The van der Waals surface area contributed by atoms with Crippen LogP contribution in [0.5, 0.6) is 0 Å². The summed E-state index contributed by atoms with van der Waals surface area (Å²) in [7, 11) is 0. The lowest BCUT2D eigenvalue weighted by molar-refractivity contribution is 0.132. The molecule has 29 heavy (non-hydrogen) atoms. The molecule has 0 heterocycles. The molecule has 0 saturated heterocycles. The molecule has 1 N–H and O–H groups in total. The van der Waals surface area contributed by atoms with Crippen LogP contribution in [0.4, 0.5) is 14.9 Å². The predicted octanol–water partition coefficient (Wildman–Crippen LogP) is 5.28. The third-order valence-electron chi connectivity index (χ3n) is 5.98. The van der Waals surface area contributed by atoms with Gasteiger partial charge in [0.05, 0.1) is 0 Å². The number of rotatable bonds is 7. The van der Waals surface area contributed by atoms with E-state index in [-0.39, 0.29) is 18.0 Å². The van der Waals surface area contributed by atoms with E-state index in [1.54, 1.807) is 12.1 Å². The lowest BCUT2D eigenvalue weighted by Crippen LogP contribution is -2.45. The van der Waals surface area contributed by atoms with Crippen LogP contribution in [-0.2, 0) is 11.3 Å². The summed E-state index contributed by atoms with van der Waals surface area (Å²) < 4.78 is 18.7. The van der Waals surface area contributed by atoms with Crippen LogP contribution in [0, 0.1) is 11.7 Å². The molecule has 0 atom stereocenters. The minimum atomic E-state index is -0.342. The van der Waals surface area contributed by atoms with E-state index in [2.05, 4.69) is 10.2 Å². The van der Waals surface area contributed by atoms with E-state index >= 15 is 0 Å². The second kappa shape index (κ2) is 9.29. The molecule has 2 aliphatic rings. The summed E-state index contributed by atoms with van der Waals surface area (Å²) in [6.07, 6.45) is 6.16. The summed E-state index contributed by atoms with van der Waals surface area (Å²) in [5.74, 6) is 0.575. The SMILES string of the molecule is O=C(NC1CCC(N(CC2CC2)c2ccc(F)cc2)CC1)OCc1ccccc1. The van der Waals surface area contributed by atoms with Gasteiger partial charge in [-0.05, 0) is 74.3 Å². The quantitative estimate of drug-likeness (QED) is 0.692. The molecule has 0 radical (unpaired) electrons. The molecule has 0 spiro atoms. The summed E-state index contributed by atoms with van der Waals surface area (Å²) in [4.78, 5) is 14.6. The summed E-state index contributed by atoms with van der Waals surface area (Å²) >= 11 is 0. The molecular formula is C24H29FN2O2. The summed E-state index contributed by atoms with van der Waals surface area (Å²) in [5.41, 5.74) is 2.10. The smallest absolute Gasteiger partial charge is 0.407 e. The van der Waals surface area contributed by atoms with Crippen LogP contribution < -0.4 is 10.2 Å². The monoisotopic (exact) mass is 396 g/mol. The average molecular weight is 397 g/mol. The van der Waals surface area contributed by atoms with E-state index in [9.17, 15) is 9.18 Å². The Labute approximate surface area is 172 Å². The molecule has 2 aromatic carbocycles. The Kier molecular flexibility index (Phi) is 6.33. The van der Waals surface area contributed by atoms with Gasteiger partial charge >= 0.3 is 6.09 Å². The molecule has 1 amide bonds. The zero-order valence-corrected chi connectivity index (χ0v) is 16.7. The van der Waals surface area contributed by atoms with Gasteiger partial charge in [0.25, 0.3) is 0 Å². The molecule has 2 aromatic rings. The van der Waals surface area contributed by atoms with Crippen molar-refractivity contribution in [3.05, 3.63) is 66.0 Å². The van der Waals surface area contributed by atoms with Crippen molar-refractivity contribution >= 4 is 11.8 Å². The Morgan fingerprint density at radius 3 is 2.31 bits per heavy atom. The third kappa shape index (κ3) is 5.72. The molecule has 0 unspecified atom stereocenters. The molecule has 0 aliphatic heterocycles. The predicted molar refractivity (Wildman–Crippen MR) is 112 cm³/mol. The molecule has 154 valence electrons. The maximum Gasteiger partial charge on any atom is 0.407 e. The summed E-state index contributed by atoms with van der Waals surface area (Å²) in [5, 5.41) is 3.02. The van der Waals surface area contributed by atoms with E-state index in [0.717, 1.165) is 49.4 Å². The van der Waals surface area contributed by atoms with Crippen LogP contribution in [0.3, 0.4) is 0 Å². The highest BCUT2D eigenvalue weighted by Crippen LogP contribution is 2.35. The van der Waals surface area contributed by atoms with Crippen molar-refractivity contribution in [3.8, 4) is 0 Å². The van der Waals surface area contributed by atoms with Gasteiger partial charge in [-0.25, -0.2) is 9.18 Å². The minimum Gasteiger partial charge on any atom is -0.445 e. The van der Waals surface area contributed by atoms with E-state index in [1.165, 1.54) is 12.8 Å². The van der Waals surface area contributed by atoms with Crippen molar-refractivity contribution in [1.29, 1.82) is 0 Å². The van der Waals surface area contributed by atoms with Crippen molar-refractivity contribution in [2.45, 2.75) is 57.2 Å². The first-order chi connectivity index (χ1) is 14.2. The highest BCUT2D eigenvalue weighted by molar-refractivity contribution is 5.67. The number of hydrogen-bond acceptors (Lipinski definition) is 3. The van der Waals surface area contributed by atoms with Gasteiger partial charge < -0.3 is 15.0 Å². The van der Waals surface area contributed by atoms with Crippen LogP contribution in [0.25, 0.3) is 0 Å². The first-order valence-corrected chi connectivity index (χ1v) is 10.7. The zero-order valence-electron chi connectivity index (χ0n) is 16.7. The van der Waals surface area contributed by atoms with E-state index in [0.29, 0.717) is 12.6 Å². The first-order valence-electron chi connectivity index (χ1n) is 10.7. The number of nitrogens with zero attached hydrogens (tertiary/aromatic N) is 1. The van der Waals surface area contributed by atoms with Crippen LogP contribution >= 0.6 is 0 Å². The van der Waals surface area contributed by atoms with Gasteiger partial charge in [0, 0.05) is 24.3 Å². The molecule has 2 fully saturated rings. The van der Waals surface area contributed by atoms with E-state index < -0.39 is 0 Å². The number of amides is 1. The fraction of sp³-hybridized carbons (Fsp3) is 0.458. The third-order valence-corrected chi connectivity index (χ3v) is 5.98. The number of halogens is 1. The van der Waals surface area contributed by atoms with Gasteiger partial charge in [0.15, 0.2) is 0 Å². The number of benzene rings is 2. The zero-order chi connectivity index (χ0) is 20.1. The van der Waals surface area contributed by atoms with Crippen LogP contribution in [0.2, 0.25) is 0 Å². The number of carbonyl (C=O) groups is 1. The number of carbonyl (C=O) groups excluding carboxylic acids is 1. The number of nitrogens with one attached hydrogen (secondary N) is 1. The molecule has 5 heteroatoms. The Balaban J connectivity index is 1.27. The summed E-state index contributed by atoms with van der Waals surface area (Å²) in [6.45, 7) is 1.34. The van der Waals surface area contributed by atoms with Crippen molar-refractivity contribution < 1.29 is 13.9 Å². The van der Waals surface area contributed by atoms with E-state index in [1.807, 2.05) is 42.5 Å². The number of hydrogen-bond donors (Lipinski definition) is 1. The van der Waals surface area contributed by atoms with Crippen LogP contribution in [0.1, 0.15) is 44.1 Å². The number of anilines is 1. The van der Waals surface area contributed by atoms with Gasteiger partial charge in [-0.1, -0.05) is 30.3 Å². The molecule has 2 saturated carbocycles. The van der Waals surface area contributed by atoms with Crippen molar-refractivity contribution in [1.82, 2.24) is 5.32 Å². The highest BCUT2D eigenvalue weighted by Gasteiger charge is 2.31. The molecular weight excluding hydrogens is 367 g/mol. The average Bonchev–Trinajstić information content (AvgIpc) is 3.57. The van der Waals surface area contributed by atoms with Gasteiger partial charge in [0.1, 0.15) is 12.4 Å². The van der Waals surface area contributed by atoms with Crippen molar-refractivity contribution in [3.63, 3.8) is 0 Å². The standard InChI is InChI=1S/C24H29FN2O2/c25-20-8-12-22(13-9-20)27(16-18-6-7-18)23-14-10-21(11-15-23)26-24(28)29-17-19-4-2-1-3-5-19/h1-5,8-9,12-13,18,21,23H,6-7,10-11,14-17H2,(H,26,28). The first kappa shape index (κ1) is 19.7. The Hall–Kier alpha value is -2.56. The second-order valence-electron chi connectivity index (χ2n) is 8.28. The lowest BCUT2D eigenvalue weighted by Gasteiger charge is -2.38. The Bertz CT molecular complexity index is 784. The largest absolute Gasteiger partial charge is 0.445 e. The number of alkyl carbamates (subject to hydrolysis) is 1. The molecule has 0 aromatic heterocycles. The summed E-state index contributed by atoms with van der Waals surface area (Å²) in [6, 6.07) is 17.2. The van der Waals surface area contributed by atoms with E-state index in [4.69, 9.17) is 4.74 Å². The van der Waals surface area contributed by atoms with Gasteiger partial charge in [0.2, 0.25) is 0 Å². The normalized spacial score (nSPS) is 21.4. The maximum atomic E-state index is 13.3. The molecule has 2 aliphatic carbocycles. The molecule has 4 rings (SSSR count). The number of ether oxygens (including phenoxy) is 1.